The molecule has 284 valence electrons. The summed E-state index contributed by atoms with van der Waals surface area (Å²) in [5.74, 6) is 3.73. The standard InChI is InChI=1S/C45H68FNO3S/c1-30(2)33-18-21-45(39(48)11-9-10-24-47-25-27-51(49,50)28-26-47)23-22-42(6)34(40(33)45)16-17-37-43(42,7)20-19-36-41(4,5)35(29-38(46)44(36,37)8)32-14-12-31(3)13-15-32/h12-15,29-30,33-34,36-38,40H,9-11,16-28H2,1-8H3/t33-,34+,36-,37-,38?,40+,42+,43+,44-,45+/m0/s1. The van der Waals surface area contributed by atoms with Gasteiger partial charge in [-0.1, -0.05) is 78.3 Å². The van der Waals surface area contributed by atoms with Gasteiger partial charge in [-0.2, -0.15) is 0 Å². The smallest absolute Gasteiger partial charge is 0.152 e. The van der Waals surface area contributed by atoms with E-state index in [4.69, 9.17) is 0 Å². The number of unbranched alkanes of at least 4 members (excludes halogenated alkanes) is 1. The molecule has 1 heterocycles. The number of hydrogen-bond donors (Lipinski definition) is 0. The average molecular weight is 722 g/mol. The Labute approximate surface area is 310 Å². The summed E-state index contributed by atoms with van der Waals surface area (Å²) in [6.07, 6.45) is 12.3. The molecule has 1 saturated heterocycles. The number of aryl methyl sites for hydroxylation is 1. The van der Waals surface area contributed by atoms with Crippen molar-refractivity contribution in [1.82, 2.24) is 4.90 Å². The summed E-state index contributed by atoms with van der Waals surface area (Å²) in [4.78, 5) is 16.9. The Morgan fingerprint density at radius 3 is 2.22 bits per heavy atom. The molecule has 0 radical (unpaired) electrons. The Morgan fingerprint density at radius 2 is 1.55 bits per heavy atom. The van der Waals surface area contributed by atoms with Gasteiger partial charge in [-0.15, -0.1) is 0 Å². The maximum Gasteiger partial charge on any atom is 0.152 e. The number of nitrogens with zero attached hydrogens (tertiary/aromatic N) is 1. The summed E-state index contributed by atoms with van der Waals surface area (Å²) in [5.41, 5.74) is 3.01. The number of fused-ring (bicyclic) bond motifs is 7. The van der Waals surface area contributed by atoms with Gasteiger partial charge in [0.05, 0.1) is 11.5 Å². The average Bonchev–Trinajstić information content (AvgIpc) is 3.48. The third-order valence-electron chi connectivity index (χ3n) is 17.5. The minimum Gasteiger partial charge on any atom is -0.301 e. The SMILES string of the molecule is Cc1ccc(C2=CC(F)[C@]3(C)[C@H]4CC[C@@H]5[C@H]6[C@H](C(C)C)CC[C@]6(C(=O)CCCCN6CCS(=O)(=O)CC6)CC[C@@]5(C)[C@]4(C)CC[C@H]3C2(C)C)cc1. The highest BCUT2D eigenvalue weighted by Gasteiger charge is 2.72. The predicted octanol–water partition coefficient (Wildman–Crippen LogP) is 10.1. The molecule has 0 spiro atoms. The molecule has 1 aliphatic heterocycles. The number of Topliss-reactive ketones (excluding diaryl/α,β-unsaturated/α-hetero) is 1. The van der Waals surface area contributed by atoms with Crippen molar-refractivity contribution in [2.45, 2.75) is 132 Å². The summed E-state index contributed by atoms with van der Waals surface area (Å²) in [6, 6.07) is 8.73. The fourth-order valence-electron chi connectivity index (χ4n) is 14.5. The third-order valence-corrected chi connectivity index (χ3v) is 19.1. The lowest BCUT2D eigenvalue weighted by Gasteiger charge is -2.72. The molecule has 0 bridgehead atoms. The van der Waals surface area contributed by atoms with Gasteiger partial charge >= 0.3 is 0 Å². The second kappa shape index (κ2) is 13.1. The van der Waals surface area contributed by atoms with Crippen LogP contribution in [-0.4, -0.2) is 56.4 Å². The Balaban J connectivity index is 1.13. The van der Waals surface area contributed by atoms with Gasteiger partial charge in [0, 0.05) is 30.3 Å². The van der Waals surface area contributed by atoms with Crippen LogP contribution in [0.15, 0.2) is 30.3 Å². The normalized spacial score (nSPS) is 43.1. The summed E-state index contributed by atoms with van der Waals surface area (Å²) < 4.78 is 41.0. The first-order valence-electron chi connectivity index (χ1n) is 20.8. The number of benzene rings is 1. The number of rotatable bonds is 8. The number of hydrogen-bond acceptors (Lipinski definition) is 4. The summed E-state index contributed by atoms with van der Waals surface area (Å²) in [6.45, 7) is 21.4. The second-order valence-corrected chi connectivity index (χ2v) is 22.4. The molecule has 10 atom stereocenters. The number of carbonyl (C=O) groups is 1. The zero-order valence-corrected chi connectivity index (χ0v) is 34.0. The lowest BCUT2D eigenvalue weighted by Crippen LogP contribution is -2.67. The Bertz CT molecular complexity index is 1620. The molecule has 5 fully saturated rings. The third kappa shape index (κ3) is 5.79. The molecule has 6 aliphatic rings. The van der Waals surface area contributed by atoms with Crippen LogP contribution in [0.5, 0.6) is 0 Å². The monoisotopic (exact) mass is 721 g/mol. The van der Waals surface area contributed by atoms with Crippen LogP contribution in [0.25, 0.3) is 5.57 Å². The van der Waals surface area contributed by atoms with Crippen LogP contribution in [-0.2, 0) is 14.6 Å². The first-order chi connectivity index (χ1) is 23.9. The molecule has 6 heteroatoms. The van der Waals surface area contributed by atoms with Crippen molar-refractivity contribution >= 4 is 21.2 Å². The van der Waals surface area contributed by atoms with Gasteiger partial charge in [0.1, 0.15) is 12.0 Å². The van der Waals surface area contributed by atoms with Gasteiger partial charge in [-0.25, -0.2) is 12.8 Å². The highest BCUT2D eigenvalue weighted by atomic mass is 32.2. The topological polar surface area (TPSA) is 54.5 Å². The lowest BCUT2D eigenvalue weighted by atomic mass is 9.32. The van der Waals surface area contributed by atoms with Crippen LogP contribution >= 0.6 is 0 Å². The van der Waals surface area contributed by atoms with E-state index in [-0.39, 0.29) is 39.1 Å². The predicted molar refractivity (Wildman–Crippen MR) is 208 cm³/mol. The van der Waals surface area contributed by atoms with Crippen molar-refractivity contribution in [3.8, 4) is 0 Å². The number of ketones is 1. The van der Waals surface area contributed by atoms with Gasteiger partial charge in [0.15, 0.2) is 9.84 Å². The molecule has 0 N–H and O–H groups in total. The molecule has 0 amide bonds. The fraction of sp³-hybridized carbons (Fsp3) is 0.800. The number of allylic oxidation sites excluding steroid dienone is 2. The molecule has 4 nitrogen and oxygen atoms in total. The molecule has 1 unspecified atom stereocenters. The molecular weight excluding hydrogens is 654 g/mol. The highest BCUT2D eigenvalue weighted by molar-refractivity contribution is 7.91. The van der Waals surface area contributed by atoms with Gasteiger partial charge < -0.3 is 4.90 Å². The largest absolute Gasteiger partial charge is 0.301 e. The van der Waals surface area contributed by atoms with Crippen molar-refractivity contribution < 1.29 is 17.6 Å². The molecule has 4 saturated carbocycles. The molecule has 1 aromatic rings. The summed E-state index contributed by atoms with van der Waals surface area (Å²) in [7, 11) is -2.87. The van der Waals surface area contributed by atoms with Crippen molar-refractivity contribution in [3.05, 3.63) is 41.5 Å². The van der Waals surface area contributed by atoms with Gasteiger partial charge in [-0.3, -0.25) is 4.79 Å². The van der Waals surface area contributed by atoms with Crippen LogP contribution in [0, 0.1) is 69.5 Å². The molecule has 5 aliphatic carbocycles. The van der Waals surface area contributed by atoms with Crippen LogP contribution in [0.4, 0.5) is 4.39 Å². The number of alkyl halides is 1. The zero-order valence-electron chi connectivity index (χ0n) is 33.2. The van der Waals surface area contributed by atoms with E-state index in [2.05, 4.69) is 84.6 Å². The molecule has 1 aromatic carbocycles. The zero-order chi connectivity index (χ0) is 36.8. The van der Waals surface area contributed by atoms with E-state index >= 15 is 4.39 Å². The molecule has 51 heavy (non-hydrogen) atoms. The van der Waals surface area contributed by atoms with Crippen molar-refractivity contribution in [3.63, 3.8) is 0 Å². The molecular formula is C45H68FNO3S. The van der Waals surface area contributed by atoms with E-state index in [1.807, 2.05) is 6.08 Å². The van der Waals surface area contributed by atoms with Crippen LogP contribution in [0.3, 0.4) is 0 Å². The van der Waals surface area contributed by atoms with E-state index in [9.17, 15) is 13.2 Å². The first kappa shape index (κ1) is 37.8. The van der Waals surface area contributed by atoms with E-state index in [0.717, 1.165) is 70.8 Å². The van der Waals surface area contributed by atoms with Gasteiger partial charge in [0.2, 0.25) is 0 Å². The highest BCUT2D eigenvalue weighted by Crippen LogP contribution is 2.78. The van der Waals surface area contributed by atoms with E-state index in [0.29, 0.717) is 54.9 Å². The van der Waals surface area contributed by atoms with E-state index in [1.165, 1.54) is 16.7 Å². The Kier molecular flexibility index (Phi) is 9.67. The van der Waals surface area contributed by atoms with Crippen molar-refractivity contribution in [2.75, 3.05) is 31.1 Å². The first-order valence-corrected chi connectivity index (χ1v) is 22.6. The van der Waals surface area contributed by atoms with Crippen molar-refractivity contribution in [1.29, 1.82) is 0 Å². The number of sulfone groups is 1. The fourth-order valence-corrected chi connectivity index (χ4v) is 15.7. The van der Waals surface area contributed by atoms with Gasteiger partial charge in [-0.05, 0) is 147 Å². The molecule has 7 rings (SSSR count). The van der Waals surface area contributed by atoms with Gasteiger partial charge in [0.25, 0.3) is 0 Å². The number of carbonyl (C=O) groups excluding carboxylic acids is 1. The maximum absolute atomic E-state index is 17.3. The van der Waals surface area contributed by atoms with Crippen LogP contribution in [0.2, 0.25) is 0 Å². The summed E-state index contributed by atoms with van der Waals surface area (Å²) >= 11 is 0. The van der Waals surface area contributed by atoms with Crippen LogP contribution < -0.4 is 0 Å². The Hall–Kier alpha value is -1.53. The van der Waals surface area contributed by atoms with Crippen molar-refractivity contribution in [2.24, 2.45) is 62.6 Å². The minimum atomic E-state index is -2.87. The maximum atomic E-state index is 17.3. The Morgan fingerprint density at radius 1 is 0.863 bits per heavy atom. The number of halogens is 1. The second-order valence-electron chi connectivity index (χ2n) is 20.1. The quantitative estimate of drug-likeness (QED) is 0.251. The van der Waals surface area contributed by atoms with E-state index < -0.39 is 21.4 Å². The summed E-state index contributed by atoms with van der Waals surface area (Å²) in [5, 5.41) is 0. The van der Waals surface area contributed by atoms with E-state index in [1.54, 1.807) is 0 Å². The minimum absolute atomic E-state index is 0.0397. The molecule has 0 aromatic heterocycles. The lowest BCUT2D eigenvalue weighted by molar-refractivity contribution is -0.236. The van der Waals surface area contributed by atoms with Crippen LogP contribution in [0.1, 0.15) is 130 Å².